The highest BCUT2D eigenvalue weighted by Gasteiger charge is 2.18. The van der Waals surface area contributed by atoms with Gasteiger partial charge in [-0.1, -0.05) is 35.9 Å². The van der Waals surface area contributed by atoms with E-state index in [2.05, 4.69) is 5.43 Å². The third kappa shape index (κ3) is 2.27. The van der Waals surface area contributed by atoms with E-state index in [1.54, 1.807) is 18.2 Å². The van der Waals surface area contributed by atoms with Crippen molar-refractivity contribution < 1.29 is 9.59 Å². The molecule has 110 valence electrons. The number of nitrogen functional groups attached to an aromatic ring is 1. The molecule has 0 aliphatic rings. The Bertz CT molecular complexity index is 880. The maximum Gasteiger partial charge on any atom is 0.267 e. The number of rotatable bonds is 2. The second-order valence-electron chi connectivity index (χ2n) is 5.08. The lowest BCUT2D eigenvalue weighted by Gasteiger charge is -2.04. The molecular weight excluding hydrogens is 278 g/mol. The monoisotopic (exact) mass is 293 g/mol. The number of benzene rings is 2. The highest BCUT2D eigenvalue weighted by molar-refractivity contribution is 6.11. The summed E-state index contributed by atoms with van der Waals surface area (Å²) in [7, 11) is 0. The van der Waals surface area contributed by atoms with Crippen molar-refractivity contribution in [1.29, 1.82) is 0 Å². The average molecular weight is 293 g/mol. The molecule has 3 N–H and O–H groups in total. The summed E-state index contributed by atoms with van der Waals surface area (Å²) in [4.78, 5) is 24.6. The van der Waals surface area contributed by atoms with Crippen LogP contribution in [0.5, 0.6) is 0 Å². The van der Waals surface area contributed by atoms with E-state index in [-0.39, 0.29) is 5.91 Å². The number of carbonyl (C=O) groups excluding carboxylic acids is 2. The van der Waals surface area contributed by atoms with E-state index in [1.807, 2.05) is 37.3 Å². The first-order chi connectivity index (χ1) is 10.6. The van der Waals surface area contributed by atoms with Gasteiger partial charge < -0.3 is 0 Å². The van der Waals surface area contributed by atoms with Crippen LogP contribution in [0.2, 0.25) is 0 Å². The Labute approximate surface area is 127 Å². The van der Waals surface area contributed by atoms with Crippen LogP contribution in [0.4, 0.5) is 0 Å². The zero-order valence-electron chi connectivity index (χ0n) is 12.0. The number of nitrogens with zero attached hydrogens (tertiary/aromatic N) is 1. The predicted octanol–water partition coefficient (Wildman–Crippen LogP) is 2.24. The summed E-state index contributed by atoms with van der Waals surface area (Å²) in [6.45, 7) is 1.93. The molecule has 0 fully saturated rings. The molecule has 0 atom stereocenters. The Morgan fingerprint density at radius 2 is 1.86 bits per heavy atom. The summed E-state index contributed by atoms with van der Waals surface area (Å²) in [6, 6.07) is 14.6. The van der Waals surface area contributed by atoms with E-state index in [9.17, 15) is 9.59 Å². The van der Waals surface area contributed by atoms with E-state index in [4.69, 9.17) is 5.84 Å². The molecule has 1 heterocycles. The van der Waals surface area contributed by atoms with E-state index >= 15 is 0 Å². The van der Waals surface area contributed by atoms with Crippen LogP contribution in [0.1, 0.15) is 26.3 Å². The number of fused-ring (bicyclic) bond motifs is 1. The summed E-state index contributed by atoms with van der Waals surface area (Å²) in [5.74, 6) is 4.61. The average Bonchev–Trinajstić information content (AvgIpc) is 2.93. The summed E-state index contributed by atoms with van der Waals surface area (Å²) in [6.07, 6.45) is 1.53. The van der Waals surface area contributed by atoms with Crippen molar-refractivity contribution in [3.8, 4) is 0 Å². The topological polar surface area (TPSA) is 77.1 Å². The third-order valence-corrected chi connectivity index (χ3v) is 3.57. The molecule has 22 heavy (non-hydrogen) atoms. The van der Waals surface area contributed by atoms with Gasteiger partial charge in [0.2, 0.25) is 0 Å². The van der Waals surface area contributed by atoms with E-state index in [0.29, 0.717) is 22.0 Å². The summed E-state index contributed by atoms with van der Waals surface area (Å²) in [5, 5.41) is 0.687. The smallest absolute Gasteiger partial charge is 0.267 e. The Morgan fingerprint density at radius 3 is 2.59 bits per heavy atom. The number of hydrogen-bond acceptors (Lipinski definition) is 3. The van der Waals surface area contributed by atoms with Gasteiger partial charge >= 0.3 is 0 Å². The summed E-state index contributed by atoms with van der Waals surface area (Å²) in [5.41, 5.74) is 4.73. The Morgan fingerprint density at radius 1 is 1.09 bits per heavy atom. The first-order valence-corrected chi connectivity index (χ1v) is 6.84. The minimum atomic E-state index is -0.424. The maximum absolute atomic E-state index is 12.7. The lowest BCUT2D eigenvalue weighted by Crippen LogP contribution is -2.29. The Kier molecular flexibility index (Phi) is 3.48. The molecule has 0 saturated heterocycles. The van der Waals surface area contributed by atoms with Gasteiger partial charge in [0.25, 0.3) is 11.8 Å². The largest absolute Gasteiger partial charge is 0.290 e. The van der Waals surface area contributed by atoms with Gasteiger partial charge in [-0.15, -0.1) is 0 Å². The van der Waals surface area contributed by atoms with Gasteiger partial charge in [0.15, 0.2) is 0 Å². The number of para-hydroxylation sites is 1. The van der Waals surface area contributed by atoms with Crippen LogP contribution in [0.15, 0.2) is 54.7 Å². The molecule has 0 bridgehead atoms. The second kappa shape index (κ2) is 5.46. The van der Waals surface area contributed by atoms with Crippen LogP contribution in [0.3, 0.4) is 0 Å². The number of hydrazine groups is 1. The molecule has 0 unspecified atom stereocenters. The fraction of sp³-hybridized carbons (Fsp3) is 0.0588. The molecule has 1 aromatic heterocycles. The lowest BCUT2D eigenvalue weighted by molar-refractivity contribution is 0.0955. The number of amides is 1. The molecule has 0 aliphatic heterocycles. The number of carbonyl (C=O) groups is 2. The van der Waals surface area contributed by atoms with Crippen LogP contribution in [0.25, 0.3) is 10.9 Å². The Hall–Kier alpha value is -2.92. The van der Waals surface area contributed by atoms with Crippen LogP contribution in [-0.4, -0.2) is 16.4 Å². The minimum absolute atomic E-state index is 0.184. The van der Waals surface area contributed by atoms with Gasteiger partial charge in [-0.25, -0.2) is 5.84 Å². The van der Waals surface area contributed by atoms with E-state index < -0.39 is 5.91 Å². The first kappa shape index (κ1) is 14.0. The molecule has 1 amide bonds. The highest BCUT2D eigenvalue weighted by atomic mass is 16.2. The van der Waals surface area contributed by atoms with Gasteiger partial charge in [-0.2, -0.15) is 0 Å². The number of nitrogens with one attached hydrogen (secondary N) is 1. The van der Waals surface area contributed by atoms with Crippen molar-refractivity contribution in [1.82, 2.24) is 9.99 Å². The molecule has 0 saturated carbocycles. The van der Waals surface area contributed by atoms with Gasteiger partial charge in [-0.05, 0) is 25.1 Å². The molecule has 0 aliphatic carbocycles. The highest BCUT2D eigenvalue weighted by Crippen LogP contribution is 2.22. The van der Waals surface area contributed by atoms with Gasteiger partial charge in [-0.3, -0.25) is 19.6 Å². The van der Waals surface area contributed by atoms with Crippen molar-refractivity contribution in [3.05, 3.63) is 71.4 Å². The van der Waals surface area contributed by atoms with Gasteiger partial charge in [0.05, 0.1) is 11.1 Å². The SMILES string of the molecule is Cc1cccc(C(=O)n2cc(C(=O)NN)c3ccccc32)c1. The van der Waals surface area contributed by atoms with Crippen molar-refractivity contribution in [3.63, 3.8) is 0 Å². The molecule has 5 heteroatoms. The van der Waals surface area contributed by atoms with Gasteiger partial charge in [0.1, 0.15) is 0 Å². The molecular formula is C17H15N3O2. The first-order valence-electron chi connectivity index (χ1n) is 6.84. The maximum atomic E-state index is 12.7. The molecule has 5 nitrogen and oxygen atoms in total. The van der Waals surface area contributed by atoms with Crippen LogP contribution < -0.4 is 11.3 Å². The van der Waals surface area contributed by atoms with Crippen LogP contribution in [0, 0.1) is 6.92 Å². The standard InChI is InChI=1S/C17H15N3O2/c1-11-5-4-6-12(9-11)17(22)20-10-14(16(21)19-18)13-7-2-3-8-15(13)20/h2-10H,18H2,1H3,(H,19,21). The zero-order valence-corrected chi connectivity index (χ0v) is 12.0. The number of aryl methyl sites for hydroxylation is 1. The number of nitrogens with two attached hydrogens (primary N) is 1. The van der Waals surface area contributed by atoms with E-state index in [0.717, 1.165) is 5.56 Å². The normalized spacial score (nSPS) is 10.6. The number of hydrogen-bond donors (Lipinski definition) is 2. The second-order valence-corrected chi connectivity index (χ2v) is 5.08. The van der Waals surface area contributed by atoms with E-state index in [1.165, 1.54) is 10.8 Å². The molecule has 3 aromatic rings. The summed E-state index contributed by atoms with van der Waals surface area (Å²) < 4.78 is 1.48. The van der Waals surface area contributed by atoms with Crippen molar-refractivity contribution in [2.24, 2.45) is 5.84 Å². The Balaban J connectivity index is 2.19. The van der Waals surface area contributed by atoms with Crippen molar-refractivity contribution >= 4 is 22.7 Å². The fourth-order valence-corrected chi connectivity index (χ4v) is 2.52. The van der Waals surface area contributed by atoms with Crippen molar-refractivity contribution in [2.45, 2.75) is 6.92 Å². The number of aromatic nitrogens is 1. The zero-order chi connectivity index (χ0) is 15.7. The van der Waals surface area contributed by atoms with Crippen LogP contribution >= 0.6 is 0 Å². The summed E-state index contributed by atoms with van der Waals surface area (Å²) >= 11 is 0. The molecule has 0 spiro atoms. The third-order valence-electron chi connectivity index (χ3n) is 3.57. The molecule has 0 radical (unpaired) electrons. The lowest BCUT2D eigenvalue weighted by atomic mass is 10.1. The van der Waals surface area contributed by atoms with Crippen molar-refractivity contribution in [2.75, 3.05) is 0 Å². The molecule has 3 rings (SSSR count). The van der Waals surface area contributed by atoms with Gasteiger partial charge in [0, 0.05) is 17.1 Å². The minimum Gasteiger partial charge on any atom is -0.290 e. The quantitative estimate of drug-likeness (QED) is 0.432. The fourth-order valence-electron chi connectivity index (χ4n) is 2.52. The van der Waals surface area contributed by atoms with Crippen LogP contribution in [-0.2, 0) is 0 Å². The molecule has 2 aromatic carbocycles. The predicted molar refractivity (Wildman–Crippen MR) is 84.5 cm³/mol.